The molecule has 1 amide bonds. The van der Waals surface area contributed by atoms with Crippen molar-refractivity contribution >= 4 is 5.91 Å². The van der Waals surface area contributed by atoms with Gasteiger partial charge in [0.05, 0.1) is 23.8 Å². The molecule has 2 aliphatic rings. The Kier molecular flexibility index (Phi) is 5.72. The molecule has 2 atom stereocenters. The number of carbonyl (C=O) groups is 1. The smallest absolute Gasteiger partial charge is 0.253 e. The average molecular weight is 341 g/mol. The predicted molar refractivity (Wildman–Crippen MR) is 96.2 cm³/mol. The molecule has 25 heavy (non-hydrogen) atoms. The van der Waals surface area contributed by atoms with Crippen LogP contribution in [0.4, 0.5) is 0 Å². The van der Waals surface area contributed by atoms with Gasteiger partial charge in [-0.3, -0.25) is 9.69 Å². The number of hydrogen-bond acceptors (Lipinski definition) is 4. The van der Waals surface area contributed by atoms with E-state index in [0.29, 0.717) is 29.3 Å². The fraction of sp³-hybridized carbons (Fsp3) is 0.600. The van der Waals surface area contributed by atoms with E-state index in [4.69, 9.17) is 10.00 Å². The van der Waals surface area contributed by atoms with Gasteiger partial charge in [0.15, 0.2) is 0 Å². The van der Waals surface area contributed by atoms with Crippen molar-refractivity contribution in [2.24, 2.45) is 5.92 Å². The van der Waals surface area contributed by atoms with Crippen molar-refractivity contribution < 1.29 is 9.53 Å². The Hall–Kier alpha value is -1.90. The summed E-state index contributed by atoms with van der Waals surface area (Å²) in [7, 11) is 0. The van der Waals surface area contributed by atoms with Gasteiger partial charge >= 0.3 is 0 Å². The standard InChI is InChI=1S/C20H27N3O2/c1-15-12-22(13-16(2)25-15)14-17-6-8-23(9-7-17)20(24)19-5-3-4-18(10-19)11-21/h3-5,10,15-17H,6-9,12-14H2,1-2H3/t15-,16+. The van der Waals surface area contributed by atoms with Crippen LogP contribution in [0.5, 0.6) is 0 Å². The maximum Gasteiger partial charge on any atom is 0.253 e. The quantitative estimate of drug-likeness (QED) is 0.848. The molecule has 0 N–H and O–H groups in total. The number of amides is 1. The lowest BCUT2D eigenvalue weighted by atomic mass is 9.95. The van der Waals surface area contributed by atoms with Crippen molar-refractivity contribution in [3.05, 3.63) is 35.4 Å². The molecule has 1 aromatic carbocycles. The van der Waals surface area contributed by atoms with Crippen molar-refractivity contribution in [3.8, 4) is 6.07 Å². The summed E-state index contributed by atoms with van der Waals surface area (Å²) in [5, 5.41) is 8.99. The molecule has 134 valence electrons. The Balaban J connectivity index is 1.51. The van der Waals surface area contributed by atoms with E-state index in [1.807, 2.05) is 4.90 Å². The molecule has 2 fully saturated rings. The van der Waals surface area contributed by atoms with Gasteiger partial charge in [-0.15, -0.1) is 0 Å². The molecule has 2 aliphatic heterocycles. The summed E-state index contributed by atoms with van der Waals surface area (Å²) in [6.45, 7) is 8.99. The van der Waals surface area contributed by atoms with Crippen molar-refractivity contribution in [3.63, 3.8) is 0 Å². The molecule has 0 spiro atoms. The Morgan fingerprint density at radius 2 is 1.92 bits per heavy atom. The zero-order valence-electron chi connectivity index (χ0n) is 15.1. The first kappa shape index (κ1) is 17.9. The van der Waals surface area contributed by atoms with Crippen LogP contribution < -0.4 is 0 Å². The molecule has 3 rings (SSSR count). The van der Waals surface area contributed by atoms with Crippen LogP contribution in [0.15, 0.2) is 24.3 Å². The van der Waals surface area contributed by atoms with Gasteiger partial charge in [-0.25, -0.2) is 0 Å². The lowest BCUT2D eigenvalue weighted by Gasteiger charge is -2.39. The second-order valence-corrected chi connectivity index (χ2v) is 7.40. The van der Waals surface area contributed by atoms with Gasteiger partial charge in [0, 0.05) is 38.3 Å². The predicted octanol–water partition coefficient (Wildman–Crippen LogP) is 2.52. The number of hydrogen-bond donors (Lipinski definition) is 0. The van der Waals surface area contributed by atoms with Gasteiger partial charge < -0.3 is 9.64 Å². The first-order valence-corrected chi connectivity index (χ1v) is 9.22. The third-order valence-electron chi connectivity index (χ3n) is 5.15. The summed E-state index contributed by atoms with van der Waals surface area (Å²) in [5.74, 6) is 0.691. The molecule has 5 nitrogen and oxygen atoms in total. The molecular weight excluding hydrogens is 314 g/mol. The van der Waals surface area contributed by atoms with Crippen molar-refractivity contribution in [2.75, 3.05) is 32.7 Å². The largest absolute Gasteiger partial charge is 0.373 e. The number of nitrogens with zero attached hydrogens (tertiary/aromatic N) is 3. The van der Waals surface area contributed by atoms with Crippen LogP contribution in [0.2, 0.25) is 0 Å². The lowest BCUT2D eigenvalue weighted by molar-refractivity contribution is -0.0728. The molecule has 0 aliphatic carbocycles. The first-order valence-electron chi connectivity index (χ1n) is 9.22. The Bertz CT molecular complexity index is 637. The van der Waals surface area contributed by atoms with Gasteiger partial charge in [0.25, 0.3) is 5.91 Å². The van der Waals surface area contributed by atoms with Gasteiger partial charge in [0.1, 0.15) is 0 Å². The highest BCUT2D eigenvalue weighted by atomic mass is 16.5. The second kappa shape index (κ2) is 7.99. The number of ether oxygens (including phenoxy) is 1. The van der Waals surface area contributed by atoms with E-state index in [0.717, 1.165) is 45.6 Å². The van der Waals surface area contributed by atoms with Crippen LogP contribution in [-0.2, 0) is 4.74 Å². The number of carbonyl (C=O) groups excluding carboxylic acids is 1. The molecular formula is C20H27N3O2. The number of rotatable bonds is 3. The fourth-order valence-corrected chi connectivity index (χ4v) is 4.02. The third kappa shape index (κ3) is 4.59. The molecule has 0 saturated carbocycles. The highest BCUT2D eigenvalue weighted by molar-refractivity contribution is 5.94. The monoisotopic (exact) mass is 341 g/mol. The minimum absolute atomic E-state index is 0.0455. The van der Waals surface area contributed by atoms with Crippen LogP contribution in [0, 0.1) is 17.2 Å². The van der Waals surface area contributed by atoms with E-state index in [1.54, 1.807) is 24.3 Å². The van der Waals surface area contributed by atoms with Crippen molar-refractivity contribution in [1.82, 2.24) is 9.80 Å². The van der Waals surface area contributed by atoms with Crippen molar-refractivity contribution in [1.29, 1.82) is 5.26 Å². The van der Waals surface area contributed by atoms with Gasteiger partial charge in [0.2, 0.25) is 0 Å². The molecule has 0 radical (unpaired) electrons. The minimum Gasteiger partial charge on any atom is -0.373 e. The Labute approximate surface area is 150 Å². The summed E-state index contributed by atoms with van der Waals surface area (Å²) in [6.07, 6.45) is 2.70. The van der Waals surface area contributed by atoms with Crippen LogP contribution in [0.3, 0.4) is 0 Å². The molecule has 2 heterocycles. The van der Waals surface area contributed by atoms with E-state index in [-0.39, 0.29) is 5.91 Å². The molecule has 1 aromatic rings. The zero-order valence-corrected chi connectivity index (χ0v) is 15.1. The van der Waals surface area contributed by atoms with Crippen LogP contribution in [0.1, 0.15) is 42.6 Å². The number of piperidine rings is 1. The van der Waals surface area contributed by atoms with E-state index in [1.165, 1.54) is 0 Å². The number of likely N-dealkylation sites (tertiary alicyclic amines) is 1. The van der Waals surface area contributed by atoms with E-state index in [2.05, 4.69) is 24.8 Å². The highest BCUT2D eigenvalue weighted by Crippen LogP contribution is 2.22. The van der Waals surface area contributed by atoms with E-state index in [9.17, 15) is 4.79 Å². The van der Waals surface area contributed by atoms with Gasteiger partial charge in [-0.1, -0.05) is 6.07 Å². The van der Waals surface area contributed by atoms with Gasteiger partial charge in [-0.05, 0) is 50.8 Å². The normalized spacial score (nSPS) is 25.6. The number of morpholine rings is 1. The summed E-state index contributed by atoms with van der Waals surface area (Å²) >= 11 is 0. The number of nitriles is 1. The maximum atomic E-state index is 12.6. The number of benzene rings is 1. The van der Waals surface area contributed by atoms with E-state index >= 15 is 0 Å². The summed E-state index contributed by atoms with van der Waals surface area (Å²) < 4.78 is 5.80. The van der Waals surface area contributed by atoms with Crippen LogP contribution in [-0.4, -0.2) is 60.6 Å². The third-order valence-corrected chi connectivity index (χ3v) is 5.15. The fourth-order valence-electron chi connectivity index (χ4n) is 4.02. The maximum absolute atomic E-state index is 12.6. The molecule has 0 unspecified atom stereocenters. The summed E-state index contributed by atoms with van der Waals surface area (Å²) in [4.78, 5) is 17.1. The van der Waals surface area contributed by atoms with E-state index < -0.39 is 0 Å². The van der Waals surface area contributed by atoms with Crippen LogP contribution >= 0.6 is 0 Å². The molecule has 0 bridgehead atoms. The molecule has 0 aromatic heterocycles. The topological polar surface area (TPSA) is 56.6 Å². The summed E-state index contributed by atoms with van der Waals surface area (Å²) in [5.41, 5.74) is 1.16. The molecule has 2 saturated heterocycles. The Morgan fingerprint density at radius 1 is 1.24 bits per heavy atom. The summed E-state index contributed by atoms with van der Waals surface area (Å²) in [6, 6.07) is 9.09. The lowest BCUT2D eigenvalue weighted by Crippen LogP contribution is -2.48. The highest BCUT2D eigenvalue weighted by Gasteiger charge is 2.28. The van der Waals surface area contributed by atoms with Gasteiger partial charge in [-0.2, -0.15) is 5.26 Å². The molecule has 5 heteroatoms. The Morgan fingerprint density at radius 3 is 2.56 bits per heavy atom. The SMILES string of the molecule is C[C@@H]1CN(CC2CCN(C(=O)c3cccc(C#N)c3)CC2)C[C@H](C)O1. The van der Waals surface area contributed by atoms with Crippen molar-refractivity contribution in [2.45, 2.75) is 38.9 Å². The average Bonchev–Trinajstić information content (AvgIpc) is 2.61. The first-order chi connectivity index (χ1) is 12.0. The minimum atomic E-state index is 0.0455. The second-order valence-electron chi connectivity index (χ2n) is 7.40. The van der Waals surface area contributed by atoms with Crippen LogP contribution in [0.25, 0.3) is 0 Å². The zero-order chi connectivity index (χ0) is 17.8.